The van der Waals surface area contributed by atoms with Crippen LogP contribution in [0.4, 0.5) is 5.69 Å². The summed E-state index contributed by atoms with van der Waals surface area (Å²) >= 11 is 0. The molecule has 0 radical (unpaired) electrons. The number of para-hydroxylation sites is 1. The number of amides is 2. The van der Waals surface area contributed by atoms with E-state index in [2.05, 4.69) is 10.3 Å². The summed E-state index contributed by atoms with van der Waals surface area (Å²) < 4.78 is 6.45. The van der Waals surface area contributed by atoms with Gasteiger partial charge in [-0.1, -0.05) is 50.8 Å². The van der Waals surface area contributed by atoms with E-state index in [4.69, 9.17) is 4.74 Å². The molecular weight excluding hydrogens is 420 g/mol. The van der Waals surface area contributed by atoms with Gasteiger partial charge in [0.25, 0.3) is 5.91 Å². The lowest BCUT2D eigenvalue weighted by atomic mass is 9.91. The van der Waals surface area contributed by atoms with Gasteiger partial charge < -0.3 is 14.6 Å². The van der Waals surface area contributed by atoms with E-state index in [0.29, 0.717) is 12.1 Å². The number of aryl methyl sites for hydroxylation is 1. The van der Waals surface area contributed by atoms with Crippen molar-refractivity contribution in [3.05, 3.63) is 47.5 Å². The summed E-state index contributed by atoms with van der Waals surface area (Å²) in [5.74, 6) is -1.29. The number of ether oxygens (including phenoxy) is 1. The Kier molecular flexibility index (Phi) is 6.54. The molecule has 0 bridgehead atoms. The maximum Gasteiger partial charge on any atom is 0.359 e. The zero-order valence-corrected chi connectivity index (χ0v) is 19.6. The van der Waals surface area contributed by atoms with Crippen LogP contribution in [0.1, 0.15) is 78.9 Å². The van der Waals surface area contributed by atoms with Crippen LogP contribution in [0.15, 0.2) is 30.6 Å². The Morgan fingerprint density at radius 1 is 1.18 bits per heavy atom. The number of anilines is 1. The SMILES string of the molecule is CCc1ccccc1N1C(=O)c2c(C(=O)OC)ncn2C[C@]1(C)C(=O)NC1CCCCCC1. The number of hydrogen-bond donors (Lipinski definition) is 1. The summed E-state index contributed by atoms with van der Waals surface area (Å²) in [6.07, 6.45) is 8.60. The number of fused-ring (bicyclic) bond motifs is 1. The first kappa shape index (κ1) is 23.0. The zero-order chi connectivity index (χ0) is 23.6. The van der Waals surface area contributed by atoms with Crippen molar-refractivity contribution in [2.24, 2.45) is 0 Å². The lowest BCUT2D eigenvalue weighted by Gasteiger charge is -2.44. The van der Waals surface area contributed by atoms with E-state index in [1.807, 2.05) is 31.2 Å². The number of nitrogens with one attached hydrogen (secondary N) is 1. The Hall–Kier alpha value is -3.16. The molecule has 1 aromatic heterocycles. The van der Waals surface area contributed by atoms with Crippen LogP contribution in [-0.2, 0) is 22.5 Å². The summed E-state index contributed by atoms with van der Waals surface area (Å²) in [4.78, 5) is 45.7. The van der Waals surface area contributed by atoms with E-state index < -0.39 is 17.4 Å². The lowest BCUT2D eigenvalue weighted by Crippen LogP contribution is -2.65. The van der Waals surface area contributed by atoms with Gasteiger partial charge in [-0.3, -0.25) is 14.5 Å². The normalized spacial score (nSPS) is 21.3. The molecule has 1 saturated carbocycles. The molecule has 2 aliphatic rings. The number of benzene rings is 1. The summed E-state index contributed by atoms with van der Waals surface area (Å²) in [6, 6.07) is 7.70. The van der Waals surface area contributed by atoms with Crippen LogP contribution in [0, 0.1) is 0 Å². The van der Waals surface area contributed by atoms with E-state index in [1.165, 1.54) is 26.3 Å². The standard InChI is InChI=1S/C25H32N4O4/c1-4-17-11-9-10-14-19(17)29-22(30)21-20(23(31)33-3)26-16-28(21)15-25(29,2)24(32)27-18-12-7-5-6-8-13-18/h9-11,14,16,18H,4-8,12-13,15H2,1-3H3,(H,27,32)/t25-/m1/s1. The van der Waals surface area contributed by atoms with Crippen molar-refractivity contribution in [2.75, 3.05) is 12.0 Å². The third kappa shape index (κ3) is 4.14. The van der Waals surface area contributed by atoms with E-state index >= 15 is 0 Å². The molecule has 33 heavy (non-hydrogen) atoms. The van der Waals surface area contributed by atoms with E-state index in [0.717, 1.165) is 31.2 Å². The van der Waals surface area contributed by atoms with Crippen molar-refractivity contribution >= 4 is 23.5 Å². The molecule has 0 unspecified atom stereocenters. The molecule has 176 valence electrons. The molecule has 0 saturated heterocycles. The minimum Gasteiger partial charge on any atom is -0.464 e. The molecule has 1 N–H and O–H groups in total. The second-order valence-electron chi connectivity index (χ2n) is 9.12. The van der Waals surface area contributed by atoms with Crippen molar-refractivity contribution in [3.63, 3.8) is 0 Å². The fourth-order valence-electron chi connectivity index (χ4n) is 5.05. The number of rotatable bonds is 5. The molecule has 1 fully saturated rings. The molecule has 1 atom stereocenters. The second-order valence-corrected chi connectivity index (χ2v) is 9.12. The van der Waals surface area contributed by atoms with Crippen molar-refractivity contribution in [2.45, 2.75) is 76.9 Å². The fourth-order valence-corrected chi connectivity index (χ4v) is 5.05. The van der Waals surface area contributed by atoms with Gasteiger partial charge in [0.1, 0.15) is 11.2 Å². The highest BCUT2D eigenvalue weighted by Crippen LogP contribution is 2.36. The molecule has 2 heterocycles. The largest absolute Gasteiger partial charge is 0.464 e. The van der Waals surface area contributed by atoms with Gasteiger partial charge >= 0.3 is 5.97 Å². The molecule has 1 aliphatic carbocycles. The quantitative estimate of drug-likeness (QED) is 0.554. The molecule has 8 nitrogen and oxygen atoms in total. The molecular formula is C25H32N4O4. The minimum atomic E-state index is -1.18. The number of methoxy groups -OCH3 is 1. The van der Waals surface area contributed by atoms with Gasteiger partial charge in [0.15, 0.2) is 5.69 Å². The van der Waals surface area contributed by atoms with E-state index in [1.54, 1.807) is 16.4 Å². The average molecular weight is 453 g/mol. The Morgan fingerprint density at radius 2 is 1.88 bits per heavy atom. The molecule has 8 heteroatoms. The first-order chi connectivity index (χ1) is 15.9. The lowest BCUT2D eigenvalue weighted by molar-refractivity contribution is -0.127. The number of hydrogen-bond acceptors (Lipinski definition) is 5. The molecule has 2 aromatic rings. The topological polar surface area (TPSA) is 93.5 Å². The number of aromatic nitrogens is 2. The third-order valence-electron chi connectivity index (χ3n) is 6.89. The average Bonchev–Trinajstić information content (AvgIpc) is 3.07. The Labute approximate surface area is 194 Å². The molecule has 0 spiro atoms. The number of esters is 1. The zero-order valence-electron chi connectivity index (χ0n) is 19.6. The van der Waals surface area contributed by atoms with Crippen LogP contribution in [0.2, 0.25) is 0 Å². The first-order valence-corrected chi connectivity index (χ1v) is 11.8. The third-order valence-corrected chi connectivity index (χ3v) is 6.89. The number of carbonyl (C=O) groups is 3. The van der Waals surface area contributed by atoms with Crippen molar-refractivity contribution in [1.29, 1.82) is 0 Å². The summed E-state index contributed by atoms with van der Waals surface area (Å²) in [7, 11) is 1.26. The Morgan fingerprint density at radius 3 is 2.55 bits per heavy atom. The van der Waals surface area contributed by atoms with Crippen LogP contribution < -0.4 is 10.2 Å². The summed E-state index contributed by atoms with van der Waals surface area (Å²) in [6.45, 7) is 4.00. The molecule has 4 rings (SSSR count). The van der Waals surface area contributed by atoms with Crippen molar-refractivity contribution < 1.29 is 19.1 Å². The summed E-state index contributed by atoms with van der Waals surface area (Å²) in [5.41, 5.74) is 0.550. The van der Waals surface area contributed by atoms with Gasteiger partial charge in [-0.05, 0) is 37.8 Å². The van der Waals surface area contributed by atoms with Crippen molar-refractivity contribution in [3.8, 4) is 0 Å². The minimum absolute atomic E-state index is 0.0345. The summed E-state index contributed by atoms with van der Waals surface area (Å²) in [5, 5.41) is 3.24. The van der Waals surface area contributed by atoms with Gasteiger partial charge in [-0.25, -0.2) is 9.78 Å². The van der Waals surface area contributed by atoms with E-state index in [-0.39, 0.29) is 29.9 Å². The first-order valence-electron chi connectivity index (χ1n) is 11.8. The van der Waals surface area contributed by atoms with Gasteiger partial charge in [0, 0.05) is 11.7 Å². The number of imidazole rings is 1. The molecule has 1 aromatic carbocycles. The number of carbonyl (C=O) groups excluding carboxylic acids is 3. The Balaban J connectivity index is 1.79. The molecule has 1 aliphatic heterocycles. The highest BCUT2D eigenvalue weighted by atomic mass is 16.5. The highest BCUT2D eigenvalue weighted by Gasteiger charge is 2.50. The number of nitrogens with zero attached hydrogens (tertiary/aromatic N) is 3. The predicted molar refractivity (Wildman–Crippen MR) is 124 cm³/mol. The van der Waals surface area contributed by atoms with Crippen LogP contribution in [0.5, 0.6) is 0 Å². The van der Waals surface area contributed by atoms with Crippen LogP contribution in [0.25, 0.3) is 0 Å². The van der Waals surface area contributed by atoms with Crippen LogP contribution >= 0.6 is 0 Å². The van der Waals surface area contributed by atoms with Gasteiger partial charge in [0.05, 0.1) is 20.0 Å². The van der Waals surface area contributed by atoms with Crippen LogP contribution in [-0.4, -0.2) is 46.0 Å². The van der Waals surface area contributed by atoms with Crippen molar-refractivity contribution in [1.82, 2.24) is 14.9 Å². The van der Waals surface area contributed by atoms with Gasteiger partial charge in [-0.2, -0.15) is 0 Å². The smallest absolute Gasteiger partial charge is 0.359 e. The van der Waals surface area contributed by atoms with Gasteiger partial charge in [0.2, 0.25) is 5.91 Å². The maximum atomic E-state index is 13.9. The predicted octanol–water partition coefficient (Wildman–Crippen LogP) is 3.49. The Bertz CT molecular complexity index is 1050. The molecule has 2 amide bonds. The van der Waals surface area contributed by atoms with Gasteiger partial charge in [-0.15, -0.1) is 0 Å². The van der Waals surface area contributed by atoms with Crippen LogP contribution in [0.3, 0.4) is 0 Å². The fraction of sp³-hybridized carbons (Fsp3) is 0.520. The monoisotopic (exact) mass is 452 g/mol. The van der Waals surface area contributed by atoms with E-state index in [9.17, 15) is 14.4 Å². The second kappa shape index (κ2) is 9.37. The maximum absolute atomic E-state index is 13.9. The highest BCUT2D eigenvalue weighted by molar-refractivity contribution is 6.15.